The Hall–Kier alpha value is -2.28. The third kappa shape index (κ3) is 3.14. The fourth-order valence-corrected chi connectivity index (χ4v) is 2.52. The van der Waals surface area contributed by atoms with E-state index in [-0.39, 0.29) is 17.5 Å². The second-order valence-electron chi connectivity index (χ2n) is 5.10. The van der Waals surface area contributed by atoms with E-state index in [0.717, 1.165) is 0 Å². The molecule has 0 radical (unpaired) electrons. The maximum absolute atomic E-state index is 11.7. The highest BCUT2D eigenvalue weighted by Gasteiger charge is 2.28. The summed E-state index contributed by atoms with van der Waals surface area (Å²) in [5, 5.41) is 12.2. The monoisotopic (exact) mass is 308 g/mol. The van der Waals surface area contributed by atoms with Crippen LogP contribution in [0, 0.1) is 0 Å². The summed E-state index contributed by atoms with van der Waals surface area (Å²) in [6.45, 7) is 3.32. The largest absolute Gasteiger partial charge is 0.497 e. The van der Waals surface area contributed by atoms with Crippen molar-refractivity contribution in [2.75, 3.05) is 27.3 Å². The molecule has 0 aromatic heterocycles. The number of benzene rings is 1. The molecule has 7 nitrogen and oxygen atoms in total. The predicted molar refractivity (Wildman–Crippen MR) is 79.4 cm³/mol. The van der Waals surface area contributed by atoms with Gasteiger partial charge < -0.3 is 19.9 Å². The quantitative estimate of drug-likeness (QED) is 0.833. The molecule has 120 valence electrons. The van der Waals surface area contributed by atoms with Gasteiger partial charge in [-0.25, -0.2) is 4.79 Å². The van der Waals surface area contributed by atoms with Crippen LogP contribution in [0.4, 0.5) is 0 Å². The van der Waals surface area contributed by atoms with Gasteiger partial charge in [0.05, 0.1) is 25.8 Å². The van der Waals surface area contributed by atoms with Gasteiger partial charge in [0.1, 0.15) is 11.5 Å². The van der Waals surface area contributed by atoms with E-state index in [0.29, 0.717) is 36.7 Å². The number of nitrogens with zero attached hydrogens (tertiary/aromatic N) is 1. The van der Waals surface area contributed by atoms with E-state index in [1.165, 1.54) is 20.3 Å². The van der Waals surface area contributed by atoms with E-state index in [1.807, 2.05) is 4.90 Å². The summed E-state index contributed by atoms with van der Waals surface area (Å²) in [6.07, 6.45) is 0. The molecule has 1 fully saturated rings. The zero-order valence-electron chi connectivity index (χ0n) is 12.9. The first kappa shape index (κ1) is 16.1. The third-order valence-electron chi connectivity index (χ3n) is 3.86. The highest BCUT2D eigenvalue weighted by molar-refractivity contribution is 5.91. The first-order valence-corrected chi connectivity index (χ1v) is 6.98. The Morgan fingerprint density at radius 3 is 2.73 bits per heavy atom. The van der Waals surface area contributed by atoms with Gasteiger partial charge in [0.25, 0.3) is 0 Å². The van der Waals surface area contributed by atoms with Crippen molar-refractivity contribution >= 4 is 11.9 Å². The number of methoxy groups -OCH3 is 2. The van der Waals surface area contributed by atoms with Crippen LogP contribution in [-0.4, -0.2) is 55.2 Å². The molecule has 0 bridgehead atoms. The molecule has 2 N–H and O–H groups in total. The molecule has 1 aliphatic heterocycles. The molecule has 1 aromatic rings. The second kappa shape index (κ2) is 6.65. The zero-order chi connectivity index (χ0) is 16.3. The van der Waals surface area contributed by atoms with Gasteiger partial charge in [0.15, 0.2) is 0 Å². The van der Waals surface area contributed by atoms with Crippen LogP contribution in [0.5, 0.6) is 11.5 Å². The molecule has 7 heteroatoms. The summed E-state index contributed by atoms with van der Waals surface area (Å²) >= 11 is 0. The molecule has 1 saturated heterocycles. The number of hydrogen-bond donors (Lipinski definition) is 2. The number of nitrogens with one attached hydrogen (secondary N) is 1. The number of amides is 1. The van der Waals surface area contributed by atoms with Crippen LogP contribution < -0.4 is 14.8 Å². The molecule has 0 saturated carbocycles. The van der Waals surface area contributed by atoms with E-state index in [4.69, 9.17) is 9.47 Å². The average molecular weight is 308 g/mol. The normalized spacial score (nSPS) is 18.7. The fraction of sp³-hybridized carbons (Fsp3) is 0.467. The van der Waals surface area contributed by atoms with Crippen molar-refractivity contribution in [3.05, 3.63) is 23.3 Å². The summed E-state index contributed by atoms with van der Waals surface area (Å²) < 4.78 is 10.4. The number of carbonyl (C=O) groups is 2. The minimum absolute atomic E-state index is 0.0596. The topological polar surface area (TPSA) is 88.1 Å². The molecule has 1 aromatic carbocycles. The van der Waals surface area contributed by atoms with Crippen molar-refractivity contribution in [3.63, 3.8) is 0 Å². The number of ether oxygens (including phenoxy) is 2. The SMILES string of the molecule is COc1cc(OC)c(CN2CCNC(=O)[C@H]2C)c(C(=O)O)c1. The lowest BCUT2D eigenvalue weighted by Gasteiger charge is -2.33. The Morgan fingerprint density at radius 1 is 1.41 bits per heavy atom. The lowest BCUT2D eigenvalue weighted by atomic mass is 10.0. The average Bonchev–Trinajstić information content (AvgIpc) is 2.51. The summed E-state index contributed by atoms with van der Waals surface area (Å²) in [5.74, 6) is -0.255. The number of piperazine rings is 1. The van der Waals surface area contributed by atoms with Crippen molar-refractivity contribution in [2.45, 2.75) is 19.5 Å². The highest BCUT2D eigenvalue weighted by atomic mass is 16.5. The van der Waals surface area contributed by atoms with Crippen LogP contribution in [0.1, 0.15) is 22.8 Å². The molecule has 0 aliphatic carbocycles. The number of carboxylic acids is 1. The van der Waals surface area contributed by atoms with Gasteiger partial charge in [-0.15, -0.1) is 0 Å². The van der Waals surface area contributed by atoms with E-state index >= 15 is 0 Å². The first-order chi connectivity index (χ1) is 10.5. The summed E-state index contributed by atoms with van der Waals surface area (Å²) in [5.41, 5.74) is 0.659. The summed E-state index contributed by atoms with van der Waals surface area (Å²) in [4.78, 5) is 25.2. The van der Waals surface area contributed by atoms with E-state index < -0.39 is 5.97 Å². The van der Waals surface area contributed by atoms with Gasteiger partial charge in [0.2, 0.25) is 5.91 Å². The van der Waals surface area contributed by atoms with Crippen LogP contribution >= 0.6 is 0 Å². The van der Waals surface area contributed by atoms with Gasteiger partial charge in [0, 0.05) is 31.3 Å². The van der Waals surface area contributed by atoms with Crippen LogP contribution in [0.2, 0.25) is 0 Å². The number of aromatic carboxylic acids is 1. The first-order valence-electron chi connectivity index (χ1n) is 6.98. The molecule has 0 spiro atoms. The number of rotatable bonds is 5. The minimum Gasteiger partial charge on any atom is -0.497 e. The van der Waals surface area contributed by atoms with Gasteiger partial charge >= 0.3 is 5.97 Å². The number of carboxylic acid groups (broad SMARTS) is 1. The molecule has 22 heavy (non-hydrogen) atoms. The zero-order valence-corrected chi connectivity index (χ0v) is 12.9. The molecule has 1 atom stereocenters. The molecule has 2 rings (SSSR count). The second-order valence-corrected chi connectivity index (χ2v) is 5.10. The minimum atomic E-state index is -1.05. The fourth-order valence-electron chi connectivity index (χ4n) is 2.52. The molecule has 1 aliphatic rings. The van der Waals surface area contributed by atoms with Crippen molar-refractivity contribution < 1.29 is 24.2 Å². The number of hydrogen-bond acceptors (Lipinski definition) is 5. The molecule has 1 amide bonds. The lowest BCUT2D eigenvalue weighted by Crippen LogP contribution is -2.53. The molecular weight excluding hydrogens is 288 g/mol. The van der Waals surface area contributed by atoms with E-state index in [1.54, 1.807) is 13.0 Å². The Bertz CT molecular complexity index is 588. The van der Waals surface area contributed by atoms with Crippen molar-refractivity contribution in [3.8, 4) is 11.5 Å². The molecule has 1 heterocycles. The van der Waals surface area contributed by atoms with Gasteiger partial charge in [-0.05, 0) is 13.0 Å². The van der Waals surface area contributed by atoms with Crippen LogP contribution in [-0.2, 0) is 11.3 Å². The van der Waals surface area contributed by atoms with E-state index in [9.17, 15) is 14.7 Å². The standard InChI is InChI=1S/C15H20N2O5/c1-9-14(18)16-4-5-17(9)8-12-11(15(19)20)6-10(21-2)7-13(12)22-3/h6-7,9H,4-5,8H2,1-3H3,(H,16,18)(H,19,20)/t9-/m1/s1. The Kier molecular flexibility index (Phi) is 4.87. The van der Waals surface area contributed by atoms with Crippen LogP contribution in [0.25, 0.3) is 0 Å². The third-order valence-corrected chi connectivity index (χ3v) is 3.86. The summed E-state index contributed by atoms with van der Waals surface area (Å²) in [7, 11) is 2.95. The van der Waals surface area contributed by atoms with Crippen molar-refractivity contribution in [1.29, 1.82) is 0 Å². The smallest absolute Gasteiger partial charge is 0.336 e. The maximum Gasteiger partial charge on any atom is 0.336 e. The number of carbonyl (C=O) groups excluding carboxylic acids is 1. The van der Waals surface area contributed by atoms with Crippen molar-refractivity contribution in [1.82, 2.24) is 10.2 Å². The van der Waals surface area contributed by atoms with Crippen molar-refractivity contribution in [2.24, 2.45) is 0 Å². The van der Waals surface area contributed by atoms with Crippen LogP contribution in [0.15, 0.2) is 12.1 Å². The summed E-state index contributed by atoms with van der Waals surface area (Å²) in [6, 6.07) is 2.80. The Balaban J connectivity index is 2.40. The lowest BCUT2D eigenvalue weighted by molar-refractivity contribution is -0.128. The Morgan fingerprint density at radius 2 is 2.14 bits per heavy atom. The van der Waals surface area contributed by atoms with E-state index in [2.05, 4.69) is 5.32 Å². The Labute approximate surface area is 128 Å². The highest BCUT2D eigenvalue weighted by Crippen LogP contribution is 2.30. The predicted octanol–water partition coefficient (Wildman–Crippen LogP) is 0.722. The van der Waals surface area contributed by atoms with Crippen LogP contribution in [0.3, 0.4) is 0 Å². The molecule has 0 unspecified atom stereocenters. The van der Waals surface area contributed by atoms with Gasteiger partial charge in [-0.3, -0.25) is 9.69 Å². The van der Waals surface area contributed by atoms with Gasteiger partial charge in [-0.1, -0.05) is 0 Å². The molecular formula is C15H20N2O5. The maximum atomic E-state index is 11.7. The van der Waals surface area contributed by atoms with Gasteiger partial charge in [-0.2, -0.15) is 0 Å².